The molecule has 0 radical (unpaired) electrons. The van der Waals surface area contributed by atoms with Gasteiger partial charge in [0.1, 0.15) is 5.00 Å². The largest absolute Gasteiger partial charge is 0.462 e. The van der Waals surface area contributed by atoms with E-state index >= 15 is 0 Å². The Labute approximate surface area is 159 Å². The zero-order chi connectivity index (χ0) is 18.8. The number of carbonyl (C=O) groups excluding carboxylic acids is 3. The molecule has 0 unspecified atom stereocenters. The van der Waals surface area contributed by atoms with Crippen LogP contribution >= 0.6 is 23.1 Å². The summed E-state index contributed by atoms with van der Waals surface area (Å²) in [6.45, 7) is 5.75. The fraction of sp³-hybridized carbons (Fsp3) is 0.278. The van der Waals surface area contributed by atoms with Crippen LogP contribution in [0.1, 0.15) is 27.7 Å². The van der Waals surface area contributed by atoms with E-state index in [1.165, 1.54) is 11.3 Å². The van der Waals surface area contributed by atoms with Crippen LogP contribution < -0.4 is 10.2 Å². The highest BCUT2D eigenvalue weighted by Crippen LogP contribution is 2.38. The molecule has 2 heterocycles. The van der Waals surface area contributed by atoms with E-state index in [-0.39, 0.29) is 17.8 Å². The summed E-state index contributed by atoms with van der Waals surface area (Å²) in [5, 5.41) is 2.48. The van der Waals surface area contributed by atoms with E-state index < -0.39 is 11.3 Å². The Bertz CT molecular complexity index is 864. The van der Waals surface area contributed by atoms with Crippen LogP contribution in [-0.4, -0.2) is 29.1 Å². The van der Waals surface area contributed by atoms with Crippen molar-refractivity contribution in [3.8, 4) is 0 Å². The number of thiophene rings is 1. The first kappa shape index (κ1) is 18.5. The van der Waals surface area contributed by atoms with Gasteiger partial charge in [0, 0.05) is 4.88 Å². The number of hydrogen-bond donors (Lipinski definition) is 1. The summed E-state index contributed by atoms with van der Waals surface area (Å²) < 4.78 is 5.12. The van der Waals surface area contributed by atoms with Crippen molar-refractivity contribution in [2.45, 2.75) is 26.1 Å². The second-order valence-corrected chi connectivity index (χ2v) is 7.91. The van der Waals surface area contributed by atoms with Gasteiger partial charge in [-0.2, -0.15) is 0 Å². The maximum atomic E-state index is 12.7. The SMILES string of the molecule is CCOC(=O)c1c(N[C@@H]2SC(=O)N(c3ccccc3)C2=O)sc(C)c1C. The van der Waals surface area contributed by atoms with Gasteiger partial charge in [0.25, 0.3) is 11.1 Å². The van der Waals surface area contributed by atoms with Gasteiger partial charge in [-0.1, -0.05) is 18.2 Å². The summed E-state index contributed by atoms with van der Waals surface area (Å²) in [7, 11) is 0. The number of anilines is 2. The summed E-state index contributed by atoms with van der Waals surface area (Å²) in [6, 6.07) is 8.78. The Morgan fingerprint density at radius 2 is 1.92 bits per heavy atom. The minimum absolute atomic E-state index is 0.268. The zero-order valence-electron chi connectivity index (χ0n) is 14.6. The topological polar surface area (TPSA) is 75.7 Å². The molecule has 1 aromatic heterocycles. The van der Waals surface area contributed by atoms with E-state index in [0.717, 1.165) is 27.1 Å². The molecule has 1 aromatic carbocycles. The average Bonchev–Trinajstić information content (AvgIpc) is 3.04. The van der Waals surface area contributed by atoms with Gasteiger partial charge in [-0.3, -0.25) is 9.59 Å². The van der Waals surface area contributed by atoms with E-state index in [9.17, 15) is 14.4 Å². The number of nitrogens with one attached hydrogen (secondary N) is 1. The number of ether oxygens (including phenoxy) is 1. The van der Waals surface area contributed by atoms with Crippen LogP contribution in [0.2, 0.25) is 0 Å². The molecule has 3 rings (SSSR count). The summed E-state index contributed by atoms with van der Waals surface area (Å²) >= 11 is 2.28. The third-order valence-electron chi connectivity index (χ3n) is 3.99. The second kappa shape index (κ2) is 7.51. The molecule has 0 bridgehead atoms. The molecule has 1 aliphatic heterocycles. The minimum atomic E-state index is -0.784. The maximum Gasteiger partial charge on any atom is 0.341 e. The molecule has 0 saturated carbocycles. The molecule has 1 aliphatic rings. The monoisotopic (exact) mass is 390 g/mol. The van der Waals surface area contributed by atoms with Crippen molar-refractivity contribution in [1.82, 2.24) is 0 Å². The van der Waals surface area contributed by atoms with Gasteiger partial charge < -0.3 is 10.1 Å². The molecule has 2 aromatic rings. The van der Waals surface area contributed by atoms with Crippen LogP contribution in [0.5, 0.6) is 0 Å². The lowest BCUT2D eigenvalue weighted by atomic mass is 10.1. The van der Waals surface area contributed by atoms with Crippen molar-refractivity contribution in [3.05, 3.63) is 46.3 Å². The first-order valence-corrected chi connectivity index (χ1v) is 9.77. The van der Waals surface area contributed by atoms with Crippen molar-refractivity contribution in [1.29, 1.82) is 0 Å². The molecule has 136 valence electrons. The number of amides is 2. The third kappa shape index (κ3) is 3.34. The zero-order valence-corrected chi connectivity index (χ0v) is 16.2. The van der Waals surface area contributed by atoms with Crippen LogP contribution in [0.25, 0.3) is 0 Å². The number of aryl methyl sites for hydroxylation is 1. The number of imide groups is 1. The third-order valence-corrected chi connectivity index (χ3v) is 6.07. The number of carbonyl (C=O) groups is 3. The van der Waals surface area contributed by atoms with Crippen molar-refractivity contribution >= 4 is 50.9 Å². The number of thioether (sulfide) groups is 1. The molecule has 0 aliphatic carbocycles. The van der Waals surface area contributed by atoms with E-state index in [0.29, 0.717) is 16.3 Å². The Kier molecular flexibility index (Phi) is 5.33. The molecule has 6 nitrogen and oxygen atoms in total. The summed E-state index contributed by atoms with van der Waals surface area (Å²) in [5.74, 6) is -0.789. The van der Waals surface area contributed by atoms with Gasteiger partial charge in [-0.25, -0.2) is 9.69 Å². The molecule has 1 atom stereocenters. The van der Waals surface area contributed by atoms with Crippen LogP contribution in [0.15, 0.2) is 30.3 Å². The predicted molar refractivity (Wildman–Crippen MR) is 104 cm³/mol. The van der Waals surface area contributed by atoms with E-state index in [1.54, 1.807) is 31.2 Å². The van der Waals surface area contributed by atoms with Gasteiger partial charge in [0.2, 0.25) is 0 Å². The molecule has 1 fully saturated rings. The highest BCUT2D eigenvalue weighted by atomic mass is 32.2. The molecule has 0 spiro atoms. The molecule has 1 saturated heterocycles. The minimum Gasteiger partial charge on any atom is -0.462 e. The lowest BCUT2D eigenvalue weighted by molar-refractivity contribution is -0.116. The van der Waals surface area contributed by atoms with Crippen molar-refractivity contribution in [2.75, 3.05) is 16.8 Å². The van der Waals surface area contributed by atoms with Crippen LogP contribution in [0, 0.1) is 13.8 Å². The van der Waals surface area contributed by atoms with Crippen LogP contribution in [0.4, 0.5) is 15.5 Å². The molecule has 1 N–H and O–H groups in total. The molecule has 2 amide bonds. The fourth-order valence-corrected chi connectivity index (χ4v) is 4.65. The average molecular weight is 390 g/mol. The number of rotatable bonds is 5. The van der Waals surface area contributed by atoms with Crippen LogP contribution in [-0.2, 0) is 9.53 Å². The van der Waals surface area contributed by atoms with Gasteiger partial charge >= 0.3 is 5.97 Å². The molecular formula is C18H18N2O4S2. The number of hydrogen-bond acceptors (Lipinski definition) is 7. The van der Waals surface area contributed by atoms with E-state index in [2.05, 4.69) is 5.32 Å². The normalized spacial score (nSPS) is 16.9. The Morgan fingerprint density at radius 1 is 1.23 bits per heavy atom. The number of esters is 1. The van der Waals surface area contributed by atoms with Gasteiger partial charge in [-0.05, 0) is 50.2 Å². The Morgan fingerprint density at radius 3 is 2.58 bits per heavy atom. The van der Waals surface area contributed by atoms with Crippen LogP contribution in [0.3, 0.4) is 0 Å². The lowest BCUT2D eigenvalue weighted by Gasteiger charge is -2.14. The maximum absolute atomic E-state index is 12.7. The van der Waals surface area contributed by atoms with E-state index in [1.807, 2.05) is 19.9 Å². The van der Waals surface area contributed by atoms with Crippen molar-refractivity contribution in [2.24, 2.45) is 0 Å². The van der Waals surface area contributed by atoms with Crippen molar-refractivity contribution in [3.63, 3.8) is 0 Å². The first-order valence-electron chi connectivity index (χ1n) is 8.07. The summed E-state index contributed by atoms with van der Waals surface area (Å²) in [4.78, 5) is 39.4. The molecular weight excluding hydrogens is 372 g/mol. The summed E-state index contributed by atoms with van der Waals surface area (Å²) in [5.41, 5.74) is 1.77. The molecule has 8 heteroatoms. The highest BCUT2D eigenvalue weighted by molar-refractivity contribution is 8.16. The van der Waals surface area contributed by atoms with E-state index in [4.69, 9.17) is 4.74 Å². The smallest absolute Gasteiger partial charge is 0.341 e. The van der Waals surface area contributed by atoms with Gasteiger partial charge in [0.15, 0.2) is 5.37 Å². The van der Waals surface area contributed by atoms with Gasteiger partial charge in [-0.15, -0.1) is 11.3 Å². The summed E-state index contributed by atoms with van der Waals surface area (Å²) in [6.07, 6.45) is 0. The Hall–Kier alpha value is -2.32. The van der Waals surface area contributed by atoms with Gasteiger partial charge in [0.05, 0.1) is 17.9 Å². The first-order chi connectivity index (χ1) is 12.4. The number of nitrogens with zero attached hydrogens (tertiary/aromatic N) is 1. The quantitative estimate of drug-likeness (QED) is 0.772. The fourth-order valence-electron chi connectivity index (χ4n) is 2.61. The van der Waals surface area contributed by atoms with Crippen molar-refractivity contribution < 1.29 is 19.1 Å². The second-order valence-electron chi connectivity index (χ2n) is 5.63. The highest BCUT2D eigenvalue weighted by Gasteiger charge is 2.41. The number of benzene rings is 1. The lowest BCUT2D eigenvalue weighted by Crippen LogP contribution is -2.34. The number of para-hydroxylation sites is 1. The predicted octanol–water partition coefficient (Wildman–Crippen LogP) is 4.18. The molecule has 26 heavy (non-hydrogen) atoms. The Balaban J connectivity index is 1.86. The standard InChI is InChI=1S/C18H18N2O4S2/c1-4-24-17(22)13-10(2)11(3)25-14(13)19-15-16(21)20(18(23)26-15)12-8-6-5-7-9-12/h5-9,15,19H,4H2,1-3H3/t15-/m1/s1.